The predicted molar refractivity (Wildman–Crippen MR) is 125 cm³/mol. The van der Waals surface area contributed by atoms with E-state index in [9.17, 15) is 0 Å². The van der Waals surface area contributed by atoms with Gasteiger partial charge in [-0.2, -0.15) is 0 Å². The molecule has 1 aromatic heterocycles. The Morgan fingerprint density at radius 3 is 1.97 bits per heavy atom. The Kier molecular flexibility index (Phi) is 11.9. The van der Waals surface area contributed by atoms with Crippen LogP contribution in [-0.2, 0) is 0 Å². The highest BCUT2D eigenvalue weighted by Crippen LogP contribution is 2.21. The minimum atomic E-state index is 0.703. The van der Waals surface area contributed by atoms with Crippen molar-refractivity contribution in [1.82, 2.24) is 9.97 Å². The second-order valence-electron chi connectivity index (χ2n) is 8.24. The molecule has 0 fully saturated rings. The van der Waals surface area contributed by atoms with E-state index in [1.54, 1.807) is 12.4 Å². The summed E-state index contributed by atoms with van der Waals surface area (Å²) in [5.74, 6) is 3.05. The molecule has 0 amide bonds. The average molecular weight is 413 g/mol. The maximum absolute atomic E-state index is 5.82. The van der Waals surface area contributed by atoms with Crippen LogP contribution < -0.4 is 9.47 Å². The maximum atomic E-state index is 5.82. The third kappa shape index (κ3) is 9.60. The number of hydrogen-bond acceptors (Lipinski definition) is 4. The van der Waals surface area contributed by atoms with Crippen LogP contribution in [0.2, 0.25) is 0 Å². The maximum Gasteiger partial charge on any atom is 0.159 e. The molecule has 0 saturated carbocycles. The summed E-state index contributed by atoms with van der Waals surface area (Å²) in [6.45, 7) is 8.23. The molecule has 0 aliphatic carbocycles. The number of unbranched alkanes of at least 4 members (excludes halogenated alkanes) is 7. The predicted octanol–water partition coefficient (Wildman–Crippen LogP) is 7.48. The molecule has 4 heteroatoms. The molecule has 2 aromatic rings. The van der Waals surface area contributed by atoms with E-state index in [2.05, 4.69) is 30.7 Å². The van der Waals surface area contributed by atoms with Gasteiger partial charge >= 0.3 is 0 Å². The number of benzene rings is 1. The highest BCUT2D eigenvalue weighted by molar-refractivity contribution is 5.56. The summed E-state index contributed by atoms with van der Waals surface area (Å²) in [5, 5.41) is 0. The third-order valence-corrected chi connectivity index (χ3v) is 5.58. The normalized spacial score (nSPS) is 12.0. The number of hydrogen-bond donors (Lipinski definition) is 0. The monoisotopic (exact) mass is 412 g/mol. The molecule has 0 aliphatic heterocycles. The fourth-order valence-electron chi connectivity index (χ4n) is 3.25. The summed E-state index contributed by atoms with van der Waals surface area (Å²) in [4.78, 5) is 8.91. The Bertz CT molecular complexity index is 670. The SMILES string of the molecule is CCCCCCCCCCOc1cnc(-c2ccc(OCCC(C)CC)cc2)nc1. The summed E-state index contributed by atoms with van der Waals surface area (Å²) in [5.41, 5.74) is 0.985. The summed E-state index contributed by atoms with van der Waals surface area (Å²) >= 11 is 0. The lowest BCUT2D eigenvalue weighted by atomic mass is 10.1. The molecule has 166 valence electrons. The van der Waals surface area contributed by atoms with Gasteiger partial charge in [0.15, 0.2) is 11.6 Å². The molecule has 1 unspecified atom stereocenters. The van der Waals surface area contributed by atoms with Gasteiger partial charge in [-0.05, 0) is 43.0 Å². The Morgan fingerprint density at radius 2 is 1.33 bits per heavy atom. The van der Waals surface area contributed by atoms with Gasteiger partial charge < -0.3 is 9.47 Å². The molecule has 0 bridgehead atoms. The lowest BCUT2D eigenvalue weighted by Gasteiger charge is -2.10. The van der Waals surface area contributed by atoms with Crippen LogP contribution in [0, 0.1) is 5.92 Å². The minimum absolute atomic E-state index is 0.703. The fraction of sp³-hybridized carbons (Fsp3) is 0.615. The molecule has 0 N–H and O–H groups in total. The molecule has 1 heterocycles. The van der Waals surface area contributed by atoms with E-state index in [4.69, 9.17) is 9.47 Å². The van der Waals surface area contributed by atoms with E-state index >= 15 is 0 Å². The van der Waals surface area contributed by atoms with Crippen molar-refractivity contribution in [2.45, 2.75) is 85.0 Å². The van der Waals surface area contributed by atoms with Gasteiger partial charge in [0.1, 0.15) is 5.75 Å². The summed E-state index contributed by atoms with van der Waals surface area (Å²) in [6.07, 6.45) is 16.2. The van der Waals surface area contributed by atoms with E-state index < -0.39 is 0 Å². The molecule has 1 aromatic carbocycles. The van der Waals surface area contributed by atoms with Crippen molar-refractivity contribution in [1.29, 1.82) is 0 Å². The quantitative estimate of drug-likeness (QED) is 0.268. The minimum Gasteiger partial charge on any atom is -0.494 e. The Hall–Kier alpha value is -2.10. The van der Waals surface area contributed by atoms with Gasteiger partial charge in [0.2, 0.25) is 0 Å². The van der Waals surface area contributed by atoms with E-state index in [-0.39, 0.29) is 0 Å². The van der Waals surface area contributed by atoms with E-state index in [1.165, 1.54) is 51.4 Å². The van der Waals surface area contributed by atoms with Gasteiger partial charge in [-0.3, -0.25) is 0 Å². The Labute approximate surface area is 183 Å². The lowest BCUT2D eigenvalue weighted by Crippen LogP contribution is -2.03. The fourth-order valence-corrected chi connectivity index (χ4v) is 3.25. The first-order chi connectivity index (χ1) is 14.7. The molecule has 30 heavy (non-hydrogen) atoms. The molecule has 0 radical (unpaired) electrons. The third-order valence-electron chi connectivity index (χ3n) is 5.58. The van der Waals surface area contributed by atoms with E-state index in [0.717, 1.165) is 43.1 Å². The standard InChI is InChI=1S/C26H40N2O2/c1-4-6-7-8-9-10-11-12-18-29-25-20-27-26(28-21-25)23-13-15-24(16-14-23)30-19-17-22(3)5-2/h13-16,20-22H,4-12,17-19H2,1-3H3. The van der Waals surface area contributed by atoms with Gasteiger partial charge in [0.05, 0.1) is 25.6 Å². The molecular weight excluding hydrogens is 372 g/mol. The van der Waals surface area contributed by atoms with Crippen LogP contribution in [0.25, 0.3) is 11.4 Å². The van der Waals surface area contributed by atoms with Gasteiger partial charge in [0, 0.05) is 5.56 Å². The van der Waals surface area contributed by atoms with Crippen LogP contribution in [-0.4, -0.2) is 23.2 Å². The van der Waals surface area contributed by atoms with Crippen molar-refractivity contribution in [2.75, 3.05) is 13.2 Å². The van der Waals surface area contributed by atoms with Crippen molar-refractivity contribution in [3.05, 3.63) is 36.7 Å². The first-order valence-electron chi connectivity index (χ1n) is 11.9. The van der Waals surface area contributed by atoms with Gasteiger partial charge in [-0.1, -0.05) is 72.1 Å². The van der Waals surface area contributed by atoms with Crippen LogP contribution in [0.4, 0.5) is 0 Å². The zero-order chi connectivity index (χ0) is 21.4. The van der Waals surface area contributed by atoms with E-state index in [1.807, 2.05) is 24.3 Å². The van der Waals surface area contributed by atoms with Gasteiger partial charge in [-0.15, -0.1) is 0 Å². The van der Waals surface area contributed by atoms with Crippen LogP contribution >= 0.6 is 0 Å². The van der Waals surface area contributed by atoms with Crippen LogP contribution in [0.15, 0.2) is 36.7 Å². The van der Waals surface area contributed by atoms with Crippen molar-refractivity contribution in [2.24, 2.45) is 5.92 Å². The molecular formula is C26H40N2O2. The average Bonchev–Trinajstić information content (AvgIpc) is 2.79. The summed E-state index contributed by atoms with van der Waals surface area (Å²) in [7, 11) is 0. The molecule has 1 atom stereocenters. The van der Waals surface area contributed by atoms with Crippen LogP contribution in [0.5, 0.6) is 11.5 Å². The van der Waals surface area contributed by atoms with Gasteiger partial charge in [-0.25, -0.2) is 9.97 Å². The van der Waals surface area contributed by atoms with Crippen molar-refractivity contribution >= 4 is 0 Å². The van der Waals surface area contributed by atoms with E-state index in [0.29, 0.717) is 11.7 Å². The number of nitrogens with zero attached hydrogens (tertiary/aromatic N) is 2. The molecule has 0 aliphatic rings. The largest absolute Gasteiger partial charge is 0.494 e. The zero-order valence-electron chi connectivity index (χ0n) is 19.2. The second kappa shape index (κ2) is 14.8. The molecule has 0 spiro atoms. The van der Waals surface area contributed by atoms with Crippen LogP contribution in [0.1, 0.15) is 85.0 Å². The molecule has 0 saturated heterocycles. The second-order valence-corrected chi connectivity index (χ2v) is 8.24. The van der Waals surface area contributed by atoms with Crippen LogP contribution in [0.3, 0.4) is 0 Å². The summed E-state index contributed by atoms with van der Waals surface area (Å²) in [6, 6.07) is 7.99. The summed E-state index contributed by atoms with van der Waals surface area (Å²) < 4.78 is 11.6. The van der Waals surface area contributed by atoms with Crippen molar-refractivity contribution < 1.29 is 9.47 Å². The highest BCUT2D eigenvalue weighted by Gasteiger charge is 2.04. The topological polar surface area (TPSA) is 44.2 Å². The first kappa shape index (κ1) is 24.2. The first-order valence-corrected chi connectivity index (χ1v) is 11.9. The highest BCUT2D eigenvalue weighted by atomic mass is 16.5. The Morgan fingerprint density at radius 1 is 0.733 bits per heavy atom. The number of ether oxygens (including phenoxy) is 2. The Balaban J connectivity index is 1.66. The number of rotatable bonds is 16. The molecule has 2 rings (SSSR count). The molecule has 4 nitrogen and oxygen atoms in total. The number of aromatic nitrogens is 2. The zero-order valence-corrected chi connectivity index (χ0v) is 19.2. The van der Waals surface area contributed by atoms with Gasteiger partial charge in [0.25, 0.3) is 0 Å². The van der Waals surface area contributed by atoms with Crippen molar-refractivity contribution in [3.63, 3.8) is 0 Å². The lowest BCUT2D eigenvalue weighted by molar-refractivity contribution is 0.282. The van der Waals surface area contributed by atoms with Crippen molar-refractivity contribution in [3.8, 4) is 22.9 Å². The smallest absolute Gasteiger partial charge is 0.159 e.